The number of pyridine rings is 1. The lowest BCUT2D eigenvalue weighted by molar-refractivity contribution is 0.0206. The summed E-state index contributed by atoms with van der Waals surface area (Å²) in [6.07, 6.45) is 3.56. The Morgan fingerprint density at radius 3 is 2.88 bits per heavy atom. The Balaban J connectivity index is 1.70. The van der Waals surface area contributed by atoms with Gasteiger partial charge in [0.15, 0.2) is 0 Å². The average Bonchev–Trinajstić information content (AvgIpc) is 2.54. The molecule has 24 heavy (non-hydrogen) atoms. The third kappa shape index (κ3) is 3.96. The SMILES string of the molecule is CC(C)(C)OC(=O)N1CCCC(Nc2nccc3ccccc23)C1. The molecular weight excluding hydrogens is 302 g/mol. The lowest BCUT2D eigenvalue weighted by Gasteiger charge is -2.34. The molecule has 1 saturated heterocycles. The van der Waals surface area contributed by atoms with Crippen molar-refractivity contribution in [3.8, 4) is 0 Å². The Hall–Kier alpha value is -2.30. The smallest absolute Gasteiger partial charge is 0.410 e. The van der Waals surface area contributed by atoms with Gasteiger partial charge in [0.2, 0.25) is 0 Å². The summed E-state index contributed by atoms with van der Waals surface area (Å²) < 4.78 is 5.49. The highest BCUT2D eigenvalue weighted by atomic mass is 16.6. The quantitative estimate of drug-likeness (QED) is 0.904. The topological polar surface area (TPSA) is 54.5 Å². The maximum absolute atomic E-state index is 12.3. The Labute approximate surface area is 143 Å². The number of fused-ring (bicyclic) bond motifs is 1. The van der Waals surface area contributed by atoms with E-state index in [1.165, 1.54) is 0 Å². The zero-order chi connectivity index (χ0) is 17.2. The molecule has 0 radical (unpaired) electrons. The molecule has 3 rings (SSSR count). The van der Waals surface area contributed by atoms with Crippen molar-refractivity contribution in [1.82, 2.24) is 9.88 Å². The summed E-state index contributed by atoms with van der Waals surface area (Å²) in [5.41, 5.74) is -0.464. The number of benzene rings is 1. The first-order valence-corrected chi connectivity index (χ1v) is 8.50. The molecule has 0 spiro atoms. The summed E-state index contributed by atoms with van der Waals surface area (Å²) in [7, 11) is 0. The first-order chi connectivity index (χ1) is 11.4. The van der Waals surface area contributed by atoms with Crippen LogP contribution >= 0.6 is 0 Å². The summed E-state index contributed by atoms with van der Waals surface area (Å²) in [6.45, 7) is 7.07. The number of rotatable bonds is 2. The van der Waals surface area contributed by atoms with Crippen molar-refractivity contribution in [3.05, 3.63) is 36.5 Å². The predicted octanol–water partition coefficient (Wildman–Crippen LogP) is 4.05. The summed E-state index contributed by atoms with van der Waals surface area (Å²) in [5.74, 6) is 0.879. The van der Waals surface area contributed by atoms with Crippen LogP contribution in [0.2, 0.25) is 0 Å². The van der Waals surface area contributed by atoms with Crippen molar-refractivity contribution in [2.75, 3.05) is 18.4 Å². The van der Waals surface area contributed by atoms with Crippen LogP contribution in [-0.2, 0) is 4.74 Å². The molecule has 5 heteroatoms. The Morgan fingerprint density at radius 2 is 2.08 bits per heavy atom. The second-order valence-corrected chi connectivity index (χ2v) is 7.29. The number of piperidine rings is 1. The minimum atomic E-state index is -0.464. The van der Waals surface area contributed by atoms with Gasteiger partial charge < -0.3 is 15.0 Å². The molecule has 0 bridgehead atoms. The standard InChI is InChI=1S/C19H25N3O2/c1-19(2,3)24-18(23)22-12-6-8-15(13-22)21-17-16-9-5-4-7-14(16)10-11-20-17/h4-5,7,9-11,15H,6,8,12-13H2,1-3H3,(H,20,21). The molecule has 1 atom stereocenters. The van der Waals surface area contributed by atoms with Gasteiger partial charge >= 0.3 is 6.09 Å². The summed E-state index contributed by atoms with van der Waals surface area (Å²) >= 11 is 0. The molecule has 1 aliphatic heterocycles. The van der Waals surface area contributed by atoms with Crippen LogP contribution in [0.1, 0.15) is 33.6 Å². The molecule has 1 aromatic heterocycles. The molecule has 2 aromatic rings. The molecule has 1 amide bonds. The molecule has 1 aromatic carbocycles. The minimum absolute atomic E-state index is 0.185. The molecule has 128 valence electrons. The Morgan fingerprint density at radius 1 is 1.29 bits per heavy atom. The molecule has 5 nitrogen and oxygen atoms in total. The number of hydrogen-bond acceptors (Lipinski definition) is 4. The van der Waals surface area contributed by atoms with Gasteiger partial charge in [0.1, 0.15) is 11.4 Å². The van der Waals surface area contributed by atoms with Crippen molar-refractivity contribution in [3.63, 3.8) is 0 Å². The number of anilines is 1. The number of amides is 1. The molecule has 1 N–H and O–H groups in total. The number of carbonyl (C=O) groups excluding carboxylic acids is 1. The van der Waals surface area contributed by atoms with E-state index in [1.807, 2.05) is 45.2 Å². The number of hydrogen-bond donors (Lipinski definition) is 1. The van der Waals surface area contributed by atoms with E-state index in [0.29, 0.717) is 6.54 Å². The zero-order valence-electron chi connectivity index (χ0n) is 14.6. The van der Waals surface area contributed by atoms with E-state index < -0.39 is 5.60 Å². The highest BCUT2D eigenvalue weighted by Gasteiger charge is 2.27. The monoisotopic (exact) mass is 327 g/mol. The lowest BCUT2D eigenvalue weighted by Crippen LogP contribution is -2.47. The van der Waals surface area contributed by atoms with Gasteiger partial charge in [0, 0.05) is 30.7 Å². The van der Waals surface area contributed by atoms with E-state index in [2.05, 4.69) is 22.4 Å². The van der Waals surface area contributed by atoms with Gasteiger partial charge in [-0.15, -0.1) is 0 Å². The van der Waals surface area contributed by atoms with Crippen molar-refractivity contribution < 1.29 is 9.53 Å². The van der Waals surface area contributed by atoms with Crippen LogP contribution in [0.25, 0.3) is 10.8 Å². The Bertz CT molecular complexity index is 719. The maximum atomic E-state index is 12.3. The van der Waals surface area contributed by atoms with Gasteiger partial charge in [0.05, 0.1) is 0 Å². The van der Waals surface area contributed by atoms with Crippen molar-refractivity contribution in [2.45, 2.75) is 45.3 Å². The van der Waals surface area contributed by atoms with Crippen LogP contribution in [-0.4, -0.2) is 40.7 Å². The lowest BCUT2D eigenvalue weighted by atomic mass is 10.1. The first-order valence-electron chi connectivity index (χ1n) is 8.50. The van der Waals surface area contributed by atoms with Crippen molar-refractivity contribution >= 4 is 22.7 Å². The highest BCUT2D eigenvalue weighted by Crippen LogP contribution is 2.23. The van der Waals surface area contributed by atoms with Crippen molar-refractivity contribution in [2.24, 2.45) is 0 Å². The van der Waals surface area contributed by atoms with E-state index in [4.69, 9.17) is 4.74 Å². The molecule has 1 unspecified atom stereocenters. The number of likely N-dealkylation sites (tertiary alicyclic amines) is 1. The molecule has 2 heterocycles. The minimum Gasteiger partial charge on any atom is -0.444 e. The normalized spacial score (nSPS) is 18.5. The van der Waals surface area contributed by atoms with Crippen LogP contribution in [0.4, 0.5) is 10.6 Å². The van der Waals surface area contributed by atoms with Gasteiger partial charge in [-0.1, -0.05) is 24.3 Å². The molecule has 0 saturated carbocycles. The number of nitrogens with zero attached hydrogens (tertiary/aromatic N) is 2. The van der Waals surface area contributed by atoms with Gasteiger partial charge in [-0.25, -0.2) is 9.78 Å². The van der Waals surface area contributed by atoms with Crippen molar-refractivity contribution in [1.29, 1.82) is 0 Å². The zero-order valence-corrected chi connectivity index (χ0v) is 14.6. The highest BCUT2D eigenvalue weighted by molar-refractivity contribution is 5.91. The summed E-state index contributed by atoms with van der Waals surface area (Å²) in [4.78, 5) is 18.6. The number of aromatic nitrogens is 1. The van der Waals surface area contributed by atoms with Crippen LogP contribution in [0.3, 0.4) is 0 Å². The fourth-order valence-electron chi connectivity index (χ4n) is 3.02. The van der Waals surface area contributed by atoms with E-state index >= 15 is 0 Å². The fourth-order valence-corrected chi connectivity index (χ4v) is 3.02. The van der Waals surface area contributed by atoms with Gasteiger partial charge in [-0.05, 0) is 45.1 Å². The third-order valence-corrected chi connectivity index (χ3v) is 4.09. The van der Waals surface area contributed by atoms with Crippen LogP contribution in [0.15, 0.2) is 36.5 Å². The molecular formula is C19H25N3O2. The molecule has 0 aliphatic carbocycles. The third-order valence-electron chi connectivity index (χ3n) is 4.09. The maximum Gasteiger partial charge on any atom is 0.410 e. The van der Waals surface area contributed by atoms with Gasteiger partial charge in [0.25, 0.3) is 0 Å². The van der Waals surface area contributed by atoms with Crippen LogP contribution in [0, 0.1) is 0 Å². The van der Waals surface area contributed by atoms with E-state index in [9.17, 15) is 4.79 Å². The predicted molar refractivity (Wildman–Crippen MR) is 96.2 cm³/mol. The second-order valence-electron chi connectivity index (χ2n) is 7.29. The number of ether oxygens (including phenoxy) is 1. The largest absolute Gasteiger partial charge is 0.444 e. The number of carbonyl (C=O) groups is 1. The van der Waals surface area contributed by atoms with Gasteiger partial charge in [-0.3, -0.25) is 0 Å². The second kappa shape index (κ2) is 6.67. The summed E-state index contributed by atoms with van der Waals surface area (Å²) in [5, 5.41) is 5.78. The van der Waals surface area contributed by atoms with Crippen LogP contribution < -0.4 is 5.32 Å². The molecule has 1 aliphatic rings. The summed E-state index contributed by atoms with van der Waals surface area (Å²) in [6, 6.07) is 10.4. The van der Waals surface area contributed by atoms with Gasteiger partial charge in [-0.2, -0.15) is 0 Å². The fraction of sp³-hybridized carbons (Fsp3) is 0.474. The van der Waals surface area contributed by atoms with E-state index in [0.717, 1.165) is 36.0 Å². The van der Waals surface area contributed by atoms with E-state index in [-0.39, 0.29) is 12.1 Å². The van der Waals surface area contributed by atoms with E-state index in [1.54, 1.807) is 4.90 Å². The number of nitrogens with one attached hydrogen (secondary N) is 1. The first kappa shape index (κ1) is 16.6. The Kier molecular flexibility index (Phi) is 4.60. The van der Waals surface area contributed by atoms with Crippen LogP contribution in [0.5, 0.6) is 0 Å². The molecule has 1 fully saturated rings. The average molecular weight is 327 g/mol.